The van der Waals surface area contributed by atoms with Crippen LogP contribution in [0.3, 0.4) is 0 Å². The van der Waals surface area contributed by atoms with Crippen LogP contribution in [0.25, 0.3) is 16.6 Å². The normalized spacial score (nSPS) is 12.0. The second kappa shape index (κ2) is 10.3. The van der Waals surface area contributed by atoms with Crippen molar-refractivity contribution in [3.05, 3.63) is 105 Å². The molecular weight excluding hydrogens is 434 g/mol. The van der Waals surface area contributed by atoms with E-state index in [1.807, 2.05) is 92.4 Å². The monoisotopic (exact) mass is 467 g/mol. The fourth-order valence-corrected chi connectivity index (χ4v) is 4.35. The van der Waals surface area contributed by atoms with Gasteiger partial charge in [0.25, 0.3) is 11.5 Å². The van der Waals surface area contributed by atoms with Crippen molar-refractivity contribution in [2.75, 3.05) is 6.54 Å². The number of aryl methyl sites for hydroxylation is 3. The molecule has 0 fully saturated rings. The van der Waals surface area contributed by atoms with E-state index in [4.69, 9.17) is 4.98 Å². The number of hydrogen-bond donors (Lipinski definition) is 0. The summed E-state index contributed by atoms with van der Waals surface area (Å²) in [5.74, 6) is 0.508. The maximum Gasteiger partial charge on any atom is 0.266 e. The highest BCUT2D eigenvalue weighted by Gasteiger charge is 2.27. The first kappa shape index (κ1) is 24.4. The molecule has 35 heavy (non-hydrogen) atoms. The molecule has 3 aromatic carbocycles. The summed E-state index contributed by atoms with van der Waals surface area (Å²) < 4.78 is 1.68. The molecule has 1 heterocycles. The SMILES string of the molecule is CCCCN(C(=O)c1ccc(C)cc1)C(C)c1nc2ccccc2c(=O)n1-c1ccc(C)c(C)c1. The van der Waals surface area contributed by atoms with Gasteiger partial charge >= 0.3 is 0 Å². The fourth-order valence-electron chi connectivity index (χ4n) is 4.35. The lowest BCUT2D eigenvalue weighted by molar-refractivity contribution is 0.0678. The molecule has 1 unspecified atom stereocenters. The Balaban J connectivity index is 1.91. The lowest BCUT2D eigenvalue weighted by Gasteiger charge is -2.31. The standard InChI is InChI=1S/C30H33N3O2/c1-6-7-18-32(29(34)24-15-12-20(2)13-16-24)23(5)28-31-27-11-9-8-10-26(27)30(35)33(28)25-17-14-21(3)22(4)19-25/h8-17,19,23H,6-7,18H2,1-5H3. The van der Waals surface area contributed by atoms with Crippen molar-refractivity contribution in [1.82, 2.24) is 14.5 Å². The Morgan fingerprint density at radius 2 is 1.69 bits per heavy atom. The molecule has 0 bridgehead atoms. The van der Waals surface area contributed by atoms with E-state index < -0.39 is 6.04 Å². The molecule has 0 N–H and O–H groups in total. The van der Waals surface area contributed by atoms with E-state index in [2.05, 4.69) is 13.8 Å². The van der Waals surface area contributed by atoms with Crippen LogP contribution in [-0.2, 0) is 0 Å². The number of carbonyl (C=O) groups excluding carboxylic acids is 1. The summed E-state index contributed by atoms with van der Waals surface area (Å²) >= 11 is 0. The number of para-hydroxylation sites is 1. The summed E-state index contributed by atoms with van der Waals surface area (Å²) in [6, 6.07) is 20.6. The van der Waals surface area contributed by atoms with E-state index in [0.717, 1.165) is 35.2 Å². The predicted octanol–water partition coefficient (Wildman–Crippen LogP) is 6.31. The van der Waals surface area contributed by atoms with Gasteiger partial charge in [0, 0.05) is 12.1 Å². The zero-order valence-electron chi connectivity index (χ0n) is 21.2. The van der Waals surface area contributed by atoms with Crippen molar-refractivity contribution >= 4 is 16.8 Å². The van der Waals surface area contributed by atoms with E-state index in [1.54, 1.807) is 4.57 Å². The van der Waals surface area contributed by atoms with Gasteiger partial charge in [-0.05, 0) is 81.6 Å². The lowest BCUT2D eigenvalue weighted by Crippen LogP contribution is -2.38. The van der Waals surface area contributed by atoms with Crippen LogP contribution in [-0.4, -0.2) is 26.9 Å². The number of aromatic nitrogens is 2. The number of amides is 1. The summed E-state index contributed by atoms with van der Waals surface area (Å²) in [7, 11) is 0. The molecule has 4 aromatic rings. The molecule has 180 valence electrons. The van der Waals surface area contributed by atoms with Crippen LogP contribution in [0.15, 0.2) is 71.5 Å². The van der Waals surface area contributed by atoms with Gasteiger partial charge in [-0.2, -0.15) is 0 Å². The minimum atomic E-state index is -0.408. The Hall–Kier alpha value is -3.73. The number of fused-ring (bicyclic) bond motifs is 1. The predicted molar refractivity (Wildman–Crippen MR) is 142 cm³/mol. The Kier molecular flexibility index (Phi) is 7.15. The second-order valence-electron chi connectivity index (χ2n) is 9.29. The molecule has 0 aliphatic heterocycles. The lowest BCUT2D eigenvalue weighted by atomic mass is 10.1. The molecule has 1 amide bonds. The Morgan fingerprint density at radius 1 is 0.971 bits per heavy atom. The molecule has 5 nitrogen and oxygen atoms in total. The van der Waals surface area contributed by atoms with Gasteiger partial charge < -0.3 is 4.90 Å². The number of rotatable bonds is 7. The van der Waals surface area contributed by atoms with Gasteiger partial charge in [0.15, 0.2) is 0 Å². The third-order valence-corrected chi connectivity index (χ3v) is 6.70. The average Bonchev–Trinajstić information content (AvgIpc) is 2.86. The molecule has 0 saturated carbocycles. The van der Waals surface area contributed by atoms with Crippen LogP contribution in [0.5, 0.6) is 0 Å². The molecule has 0 spiro atoms. The number of nitrogens with zero attached hydrogens (tertiary/aromatic N) is 3. The topological polar surface area (TPSA) is 55.2 Å². The number of benzene rings is 3. The van der Waals surface area contributed by atoms with Crippen LogP contribution in [0.2, 0.25) is 0 Å². The highest BCUT2D eigenvalue weighted by Crippen LogP contribution is 2.26. The smallest absolute Gasteiger partial charge is 0.266 e. The van der Waals surface area contributed by atoms with Gasteiger partial charge in [-0.25, -0.2) is 4.98 Å². The van der Waals surface area contributed by atoms with Crippen molar-refractivity contribution in [1.29, 1.82) is 0 Å². The van der Waals surface area contributed by atoms with Crippen LogP contribution in [0.1, 0.15) is 65.6 Å². The molecule has 1 aromatic heterocycles. The maximum atomic E-state index is 13.8. The number of carbonyl (C=O) groups is 1. The van der Waals surface area contributed by atoms with E-state index in [-0.39, 0.29) is 11.5 Å². The van der Waals surface area contributed by atoms with Crippen molar-refractivity contribution in [2.45, 2.75) is 53.5 Å². The highest BCUT2D eigenvalue weighted by molar-refractivity contribution is 5.94. The summed E-state index contributed by atoms with van der Waals surface area (Å²) in [5, 5.41) is 0.562. The van der Waals surface area contributed by atoms with Crippen LogP contribution >= 0.6 is 0 Å². The largest absolute Gasteiger partial charge is 0.329 e. The zero-order chi connectivity index (χ0) is 25.1. The third kappa shape index (κ3) is 4.90. The van der Waals surface area contributed by atoms with E-state index >= 15 is 0 Å². The summed E-state index contributed by atoms with van der Waals surface area (Å²) in [6.07, 6.45) is 1.82. The Labute approximate surface area is 207 Å². The molecule has 0 aliphatic rings. The minimum Gasteiger partial charge on any atom is -0.329 e. The second-order valence-corrected chi connectivity index (χ2v) is 9.29. The molecule has 5 heteroatoms. The molecule has 0 saturated heterocycles. The van der Waals surface area contributed by atoms with Crippen LogP contribution in [0.4, 0.5) is 0 Å². The average molecular weight is 468 g/mol. The van der Waals surface area contributed by atoms with Crippen molar-refractivity contribution in [3.63, 3.8) is 0 Å². The van der Waals surface area contributed by atoms with Gasteiger partial charge in [-0.15, -0.1) is 0 Å². The van der Waals surface area contributed by atoms with Gasteiger partial charge in [-0.1, -0.05) is 49.2 Å². The van der Waals surface area contributed by atoms with Crippen LogP contribution < -0.4 is 5.56 Å². The molecular formula is C30H33N3O2. The quantitative estimate of drug-likeness (QED) is 0.320. The first-order valence-corrected chi connectivity index (χ1v) is 12.3. The van der Waals surface area contributed by atoms with Gasteiger partial charge in [0.05, 0.1) is 22.6 Å². The Morgan fingerprint density at radius 3 is 2.37 bits per heavy atom. The van der Waals surface area contributed by atoms with E-state index in [0.29, 0.717) is 28.8 Å². The minimum absolute atomic E-state index is 0.0556. The molecule has 0 aliphatic carbocycles. The molecule has 0 radical (unpaired) electrons. The maximum absolute atomic E-state index is 13.8. The van der Waals surface area contributed by atoms with Crippen LogP contribution in [0, 0.1) is 20.8 Å². The number of hydrogen-bond acceptors (Lipinski definition) is 3. The van der Waals surface area contributed by atoms with Crippen molar-refractivity contribution in [3.8, 4) is 5.69 Å². The summed E-state index contributed by atoms with van der Waals surface area (Å²) in [4.78, 5) is 34.3. The highest BCUT2D eigenvalue weighted by atomic mass is 16.2. The third-order valence-electron chi connectivity index (χ3n) is 6.70. The molecule has 4 rings (SSSR count). The van der Waals surface area contributed by atoms with Gasteiger partial charge in [0.2, 0.25) is 0 Å². The zero-order valence-corrected chi connectivity index (χ0v) is 21.2. The van der Waals surface area contributed by atoms with Crippen molar-refractivity contribution < 1.29 is 4.79 Å². The van der Waals surface area contributed by atoms with Gasteiger partial charge in [-0.3, -0.25) is 14.2 Å². The van der Waals surface area contributed by atoms with Crippen molar-refractivity contribution in [2.24, 2.45) is 0 Å². The van der Waals surface area contributed by atoms with E-state index in [1.165, 1.54) is 0 Å². The first-order chi connectivity index (χ1) is 16.8. The first-order valence-electron chi connectivity index (χ1n) is 12.3. The molecule has 1 atom stereocenters. The number of unbranched alkanes of at least 4 members (excludes halogenated alkanes) is 1. The summed E-state index contributed by atoms with van der Waals surface area (Å²) in [5.41, 5.74) is 5.27. The summed E-state index contributed by atoms with van der Waals surface area (Å²) in [6.45, 7) is 10.8. The fraction of sp³-hybridized carbons (Fsp3) is 0.300. The Bertz CT molecular complexity index is 1420. The van der Waals surface area contributed by atoms with Gasteiger partial charge in [0.1, 0.15) is 5.82 Å². The van der Waals surface area contributed by atoms with E-state index in [9.17, 15) is 9.59 Å².